The van der Waals surface area contributed by atoms with Crippen molar-refractivity contribution in [2.45, 2.75) is 39.5 Å². The largest absolute Gasteiger partial charge is 0.383 e. The summed E-state index contributed by atoms with van der Waals surface area (Å²) in [4.78, 5) is 22.8. The van der Waals surface area contributed by atoms with Gasteiger partial charge in [0.2, 0.25) is 5.91 Å². The third-order valence-electron chi connectivity index (χ3n) is 3.94. The number of rotatable bonds is 7. The van der Waals surface area contributed by atoms with E-state index in [-0.39, 0.29) is 5.91 Å². The summed E-state index contributed by atoms with van der Waals surface area (Å²) in [5.74, 6) is 1.41. The van der Waals surface area contributed by atoms with E-state index in [1.165, 1.54) is 5.56 Å². The van der Waals surface area contributed by atoms with Crippen molar-refractivity contribution in [2.75, 3.05) is 26.8 Å². The van der Waals surface area contributed by atoms with Crippen molar-refractivity contribution in [3.63, 3.8) is 0 Å². The molecule has 0 radical (unpaired) electrons. The number of carbonyl (C=O) groups is 1. The number of hydrogen-bond acceptors (Lipinski definition) is 4. The van der Waals surface area contributed by atoms with Gasteiger partial charge in [-0.15, -0.1) is 0 Å². The minimum atomic E-state index is 0.236. The number of aryl methyl sites for hydroxylation is 2. The summed E-state index contributed by atoms with van der Waals surface area (Å²) in [6.07, 6.45) is 5.53. The van der Waals surface area contributed by atoms with Gasteiger partial charge < -0.3 is 9.64 Å². The van der Waals surface area contributed by atoms with Crippen molar-refractivity contribution >= 4 is 5.91 Å². The van der Waals surface area contributed by atoms with Crippen LogP contribution in [0.15, 0.2) is 6.20 Å². The molecule has 0 spiro atoms. The first-order chi connectivity index (χ1) is 10.1. The fourth-order valence-electron chi connectivity index (χ4n) is 2.88. The molecule has 1 aromatic rings. The summed E-state index contributed by atoms with van der Waals surface area (Å²) in [5, 5.41) is 0. The summed E-state index contributed by atoms with van der Waals surface area (Å²) in [6.45, 7) is 6.19. The fourth-order valence-corrected chi connectivity index (χ4v) is 2.88. The van der Waals surface area contributed by atoms with Crippen molar-refractivity contribution in [1.82, 2.24) is 14.9 Å². The molecule has 5 nitrogen and oxygen atoms in total. The highest BCUT2D eigenvalue weighted by molar-refractivity contribution is 5.78. The van der Waals surface area contributed by atoms with Crippen LogP contribution < -0.4 is 0 Å². The van der Waals surface area contributed by atoms with Gasteiger partial charge in [0, 0.05) is 38.5 Å². The molecule has 1 aromatic heterocycles. The van der Waals surface area contributed by atoms with Gasteiger partial charge in [0.1, 0.15) is 5.82 Å². The highest BCUT2D eigenvalue weighted by Gasteiger charge is 2.30. The molecule has 1 amide bonds. The second kappa shape index (κ2) is 7.50. The Balaban J connectivity index is 2.02. The molecule has 5 heteroatoms. The second-order valence-electron chi connectivity index (χ2n) is 5.75. The highest BCUT2D eigenvalue weighted by Crippen LogP contribution is 2.23. The summed E-state index contributed by atoms with van der Waals surface area (Å²) in [6, 6.07) is 0. The topological polar surface area (TPSA) is 55.3 Å². The summed E-state index contributed by atoms with van der Waals surface area (Å²) >= 11 is 0. The zero-order chi connectivity index (χ0) is 15.2. The Morgan fingerprint density at radius 1 is 1.48 bits per heavy atom. The lowest BCUT2D eigenvalue weighted by Gasteiger charge is -2.16. The molecule has 0 aliphatic carbocycles. The van der Waals surface area contributed by atoms with Crippen LogP contribution in [0.25, 0.3) is 0 Å². The number of ether oxygens (including phenoxy) is 1. The van der Waals surface area contributed by atoms with E-state index < -0.39 is 0 Å². The van der Waals surface area contributed by atoms with E-state index in [9.17, 15) is 4.79 Å². The fraction of sp³-hybridized carbons (Fsp3) is 0.688. The molecule has 0 unspecified atom stereocenters. The van der Waals surface area contributed by atoms with E-state index in [2.05, 4.69) is 16.9 Å². The molecule has 21 heavy (non-hydrogen) atoms. The number of hydrogen-bond donors (Lipinski definition) is 0. The molecule has 1 aliphatic rings. The molecule has 1 atom stereocenters. The Hall–Kier alpha value is -1.49. The van der Waals surface area contributed by atoms with Gasteiger partial charge in [0.15, 0.2) is 0 Å². The molecule has 0 saturated carbocycles. The van der Waals surface area contributed by atoms with Crippen LogP contribution in [0.4, 0.5) is 0 Å². The molecule has 1 aliphatic heterocycles. The Morgan fingerprint density at radius 3 is 3.00 bits per heavy atom. The van der Waals surface area contributed by atoms with Crippen molar-refractivity contribution < 1.29 is 9.53 Å². The molecule has 2 rings (SSSR count). The minimum absolute atomic E-state index is 0.236. The minimum Gasteiger partial charge on any atom is -0.383 e. The van der Waals surface area contributed by atoms with Gasteiger partial charge in [-0.2, -0.15) is 0 Å². The van der Waals surface area contributed by atoms with Crippen LogP contribution in [-0.4, -0.2) is 47.6 Å². The van der Waals surface area contributed by atoms with Crippen molar-refractivity contribution in [1.29, 1.82) is 0 Å². The van der Waals surface area contributed by atoms with Gasteiger partial charge in [-0.1, -0.05) is 13.3 Å². The Bertz CT molecular complexity index is 490. The molecule has 0 N–H and O–H groups in total. The molecule has 1 fully saturated rings. The molecule has 116 valence electrons. The monoisotopic (exact) mass is 291 g/mol. The van der Waals surface area contributed by atoms with Gasteiger partial charge in [-0.3, -0.25) is 4.79 Å². The number of aromatic nitrogens is 2. The van der Waals surface area contributed by atoms with Gasteiger partial charge in [0.25, 0.3) is 0 Å². The zero-order valence-electron chi connectivity index (χ0n) is 13.3. The normalized spacial score (nSPS) is 18.5. The smallest absolute Gasteiger partial charge is 0.223 e. The van der Waals surface area contributed by atoms with Crippen LogP contribution in [0.5, 0.6) is 0 Å². The van der Waals surface area contributed by atoms with E-state index in [1.807, 2.05) is 18.0 Å². The van der Waals surface area contributed by atoms with E-state index in [1.54, 1.807) is 7.11 Å². The molecule has 0 aromatic carbocycles. The summed E-state index contributed by atoms with van der Waals surface area (Å²) in [5.41, 5.74) is 2.35. The maximum absolute atomic E-state index is 12.0. The molecule has 1 saturated heterocycles. The number of methoxy groups -OCH3 is 1. The second-order valence-corrected chi connectivity index (χ2v) is 5.75. The predicted octanol–water partition coefficient (Wildman–Crippen LogP) is 1.77. The maximum Gasteiger partial charge on any atom is 0.223 e. The van der Waals surface area contributed by atoms with E-state index >= 15 is 0 Å². The van der Waals surface area contributed by atoms with Gasteiger partial charge in [-0.25, -0.2) is 9.97 Å². The first-order valence-electron chi connectivity index (χ1n) is 7.72. The van der Waals surface area contributed by atoms with E-state index in [0.29, 0.717) is 25.5 Å². The van der Waals surface area contributed by atoms with Crippen molar-refractivity contribution in [3.05, 3.63) is 23.3 Å². The van der Waals surface area contributed by atoms with Gasteiger partial charge >= 0.3 is 0 Å². The standard InChI is InChI=1S/C16H25N3O2/c1-4-5-14-10-17-12(2)18-15(14)8-13-9-16(20)19(11-13)6-7-21-3/h10,13H,4-9,11H2,1-3H3/t13-/m0/s1. The molecule has 0 bridgehead atoms. The first-order valence-corrected chi connectivity index (χ1v) is 7.72. The average molecular weight is 291 g/mol. The Kier molecular flexibility index (Phi) is 5.67. The van der Waals surface area contributed by atoms with E-state index in [4.69, 9.17) is 4.74 Å². The van der Waals surface area contributed by atoms with Crippen molar-refractivity contribution in [3.8, 4) is 0 Å². The SMILES string of the molecule is CCCc1cnc(C)nc1C[C@H]1CC(=O)N(CCOC)C1. The highest BCUT2D eigenvalue weighted by atomic mass is 16.5. The third kappa shape index (κ3) is 4.24. The molecular formula is C16H25N3O2. The number of likely N-dealkylation sites (tertiary alicyclic amines) is 1. The third-order valence-corrected chi connectivity index (χ3v) is 3.94. The van der Waals surface area contributed by atoms with Gasteiger partial charge in [-0.05, 0) is 31.2 Å². The lowest BCUT2D eigenvalue weighted by Crippen LogP contribution is -2.29. The molecular weight excluding hydrogens is 266 g/mol. The molecule has 2 heterocycles. The Labute approximate surface area is 126 Å². The Morgan fingerprint density at radius 2 is 2.29 bits per heavy atom. The van der Waals surface area contributed by atoms with E-state index in [0.717, 1.165) is 37.3 Å². The van der Waals surface area contributed by atoms with Crippen molar-refractivity contribution in [2.24, 2.45) is 5.92 Å². The predicted molar refractivity (Wildman–Crippen MR) is 81.0 cm³/mol. The number of nitrogens with zero attached hydrogens (tertiary/aromatic N) is 3. The van der Waals surface area contributed by atoms with Crippen LogP contribution in [-0.2, 0) is 22.4 Å². The first kappa shape index (κ1) is 15.9. The van der Waals surface area contributed by atoms with Gasteiger partial charge in [0.05, 0.1) is 6.61 Å². The summed E-state index contributed by atoms with van der Waals surface area (Å²) in [7, 11) is 1.67. The lowest BCUT2D eigenvalue weighted by molar-refractivity contribution is -0.128. The van der Waals surface area contributed by atoms with Crippen LogP contribution in [0.1, 0.15) is 36.8 Å². The number of amides is 1. The van der Waals surface area contributed by atoms with Crippen LogP contribution in [0, 0.1) is 12.8 Å². The lowest BCUT2D eigenvalue weighted by atomic mass is 9.98. The average Bonchev–Trinajstić information content (AvgIpc) is 2.79. The quantitative estimate of drug-likeness (QED) is 0.768. The van der Waals surface area contributed by atoms with Crippen LogP contribution >= 0.6 is 0 Å². The maximum atomic E-state index is 12.0. The summed E-state index contributed by atoms with van der Waals surface area (Å²) < 4.78 is 5.06. The zero-order valence-corrected chi connectivity index (χ0v) is 13.3. The van der Waals surface area contributed by atoms with Crippen LogP contribution in [0.2, 0.25) is 0 Å². The van der Waals surface area contributed by atoms with Crippen LogP contribution in [0.3, 0.4) is 0 Å². The number of carbonyl (C=O) groups excluding carboxylic acids is 1.